The van der Waals surface area contributed by atoms with Crippen LogP contribution in [0.2, 0.25) is 5.02 Å². The Hall–Kier alpha value is -1.32. The number of hydrogen-bond acceptors (Lipinski definition) is 2. The molecule has 0 radical (unpaired) electrons. The Morgan fingerprint density at radius 2 is 2.18 bits per heavy atom. The Bertz CT molecular complexity index is 694. The monoisotopic (exact) mass is 333 g/mol. The van der Waals surface area contributed by atoms with Gasteiger partial charge in [0.25, 0.3) is 5.91 Å². The molecular formula is C18H20ClNOS. The molecule has 0 saturated heterocycles. The first-order chi connectivity index (χ1) is 10.5. The molecule has 2 nitrogen and oxygen atoms in total. The van der Waals surface area contributed by atoms with Crippen LogP contribution in [0.25, 0.3) is 0 Å². The Morgan fingerprint density at radius 1 is 1.41 bits per heavy atom. The van der Waals surface area contributed by atoms with Gasteiger partial charge in [-0.3, -0.25) is 4.79 Å². The molecule has 22 heavy (non-hydrogen) atoms. The van der Waals surface area contributed by atoms with Gasteiger partial charge in [-0.2, -0.15) is 0 Å². The standard InChI is InChI=1S/C18H20ClNOS/c1-12-7-8-16-14(9-12)10-17(22-16)18(21)20(2)11-13-5-3-4-6-15(13)19/h3-6,10,12H,7-9,11H2,1-2H3/t12-/m0/s1. The van der Waals surface area contributed by atoms with Gasteiger partial charge in [-0.1, -0.05) is 36.7 Å². The zero-order chi connectivity index (χ0) is 15.7. The quantitative estimate of drug-likeness (QED) is 0.790. The van der Waals surface area contributed by atoms with Gasteiger partial charge in [0.2, 0.25) is 0 Å². The molecule has 1 aliphatic rings. The SMILES string of the molecule is C[C@H]1CCc2sc(C(=O)N(C)Cc3ccccc3Cl)cc2C1. The van der Waals surface area contributed by atoms with E-state index in [9.17, 15) is 4.79 Å². The highest BCUT2D eigenvalue weighted by molar-refractivity contribution is 7.14. The minimum Gasteiger partial charge on any atom is -0.337 e. The molecule has 1 aromatic carbocycles. The molecule has 2 aromatic rings. The zero-order valence-electron chi connectivity index (χ0n) is 12.9. The van der Waals surface area contributed by atoms with Crippen molar-refractivity contribution >= 4 is 28.8 Å². The van der Waals surface area contributed by atoms with E-state index in [1.807, 2.05) is 31.3 Å². The maximum absolute atomic E-state index is 12.7. The van der Waals surface area contributed by atoms with Crippen molar-refractivity contribution in [1.29, 1.82) is 0 Å². The van der Waals surface area contributed by atoms with Crippen LogP contribution < -0.4 is 0 Å². The van der Waals surface area contributed by atoms with Gasteiger partial charge in [0, 0.05) is 23.5 Å². The fourth-order valence-electron chi connectivity index (χ4n) is 2.95. The van der Waals surface area contributed by atoms with Crippen molar-refractivity contribution in [2.45, 2.75) is 32.7 Å². The van der Waals surface area contributed by atoms with Crippen LogP contribution in [0.3, 0.4) is 0 Å². The van der Waals surface area contributed by atoms with Crippen LogP contribution in [0.1, 0.15) is 39.0 Å². The van der Waals surface area contributed by atoms with E-state index in [1.165, 1.54) is 16.9 Å². The fraction of sp³-hybridized carbons (Fsp3) is 0.389. The molecule has 1 aromatic heterocycles. The molecule has 0 aliphatic heterocycles. The lowest BCUT2D eigenvalue weighted by atomic mass is 9.90. The van der Waals surface area contributed by atoms with E-state index >= 15 is 0 Å². The summed E-state index contributed by atoms with van der Waals surface area (Å²) in [5.41, 5.74) is 2.35. The topological polar surface area (TPSA) is 20.3 Å². The third-order valence-electron chi connectivity index (χ3n) is 4.25. The molecular weight excluding hydrogens is 314 g/mol. The average molecular weight is 334 g/mol. The number of hydrogen-bond donors (Lipinski definition) is 0. The van der Waals surface area contributed by atoms with Gasteiger partial charge in [-0.25, -0.2) is 0 Å². The van der Waals surface area contributed by atoms with Crippen LogP contribution in [0.5, 0.6) is 0 Å². The Balaban J connectivity index is 1.75. The van der Waals surface area contributed by atoms with E-state index < -0.39 is 0 Å². The van der Waals surface area contributed by atoms with E-state index in [4.69, 9.17) is 11.6 Å². The van der Waals surface area contributed by atoms with E-state index in [0.717, 1.165) is 29.2 Å². The van der Waals surface area contributed by atoms with E-state index in [2.05, 4.69) is 13.0 Å². The highest BCUT2D eigenvalue weighted by atomic mass is 35.5. The number of thiophene rings is 1. The molecule has 1 amide bonds. The first-order valence-electron chi connectivity index (χ1n) is 7.65. The van der Waals surface area contributed by atoms with Gasteiger partial charge in [0.15, 0.2) is 0 Å². The molecule has 0 saturated carbocycles. The van der Waals surface area contributed by atoms with Gasteiger partial charge in [-0.15, -0.1) is 11.3 Å². The number of benzene rings is 1. The maximum atomic E-state index is 12.7. The largest absolute Gasteiger partial charge is 0.337 e. The predicted octanol–water partition coefficient (Wildman–Crippen LogP) is 4.80. The number of rotatable bonds is 3. The highest BCUT2D eigenvalue weighted by Crippen LogP contribution is 2.32. The second-order valence-electron chi connectivity index (χ2n) is 6.16. The third kappa shape index (κ3) is 3.21. The summed E-state index contributed by atoms with van der Waals surface area (Å²) in [6.45, 7) is 2.82. The van der Waals surface area contributed by atoms with Crippen LogP contribution in [0.4, 0.5) is 0 Å². The average Bonchev–Trinajstić information content (AvgIpc) is 2.91. The summed E-state index contributed by atoms with van der Waals surface area (Å²) in [4.78, 5) is 16.7. The van der Waals surface area contributed by atoms with Crippen LogP contribution >= 0.6 is 22.9 Å². The summed E-state index contributed by atoms with van der Waals surface area (Å²) in [6, 6.07) is 9.78. The lowest BCUT2D eigenvalue weighted by Gasteiger charge is -2.17. The second-order valence-corrected chi connectivity index (χ2v) is 7.70. The van der Waals surface area contributed by atoms with E-state index in [-0.39, 0.29) is 5.91 Å². The maximum Gasteiger partial charge on any atom is 0.263 e. The third-order valence-corrected chi connectivity index (χ3v) is 5.85. The number of nitrogens with zero attached hydrogens (tertiary/aromatic N) is 1. The van der Waals surface area contributed by atoms with Crippen LogP contribution in [-0.2, 0) is 19.4 Å². The molecule has 1 aliphatic carbocycles. The molecule has 116 valence electrons. The summed E-state index contributed by atoms with van der Waals surface area (Å²) >= 11 is 7.85. The number of amides is 1. The van der Waals surface area contributed by atoms with Crippen molar-refractivity contribution in [2.75, 3.05) is 7.05 Å². The van der Waals surface area contributed by atoms with E-state index in [1.54, 1.807) is 16.2 Å². The molecule has 3 rings (SSSR count). The summed E-state index contributed by atoms with van der Waals surface area (Å²) in [6.07, 6.45) is 3.45. The summed E-state index contributed by atoms with van der Waals surface area (Å²) < 4.78 is 0. The smallest absolute Gasteiger partial charge is 0.263 e. The highest BCUT2D eigenvalue weighted by Gasteiger charge is 2.22. The first kappa shape index (κ1) is 15.6. The predicted molar refractivity (Wildman–Crippen MR) is 92.8 cm³/mol. The van der Waals surface area contributed by atoms with Crippen molar-refractivity contribution < 1.29 is 4.79 Å². The number of fused-ring (bicyclic) bond motifs is 1. The van der Waals surface area contributed by atoms with E-state index in [0.29, 0.717) is 11.6 Å². The van der Waals surface area contributed by atoms with Gasteiger partial charge in [0.1, 0.15) is 0 Å². The van der Waals surface area contributed by atoms with Gasteiger partial charge >= 0.3 is 0 Å². The lowest BCUT2D eigenvalue weighted by Crippen LogP contribution is -2.25. The minimum atomic E-state index is 0.0898. The van der Waals surface area contributed by atoms with Crippen LogP contribution in [0, 0.1) is 5.92 Å². The Kier molecular flexibility index (Phi) is 4.55. The summed E-state index contributed by atoms with van der Waals surface area (Å²) in [5, 5.41) is 0.710. The molecule has 0 N–H and O–H groups in total. The number of aryl methyl sites for hydroxylation is 1. The molecule has 0 fully saturated rings. The summed E-state index contributed by atoms with van der Waals surface area (Å²) in [7, 11) is 1.84. The Labute approximate surface area is 140 Å². The van der Waals surface area contributed by atoms with Gasteiger partial charge in [0.05, 0.1) is 4.88 Å². The van der Waals surface area contributed by atoms with Crippen molar-refractivity contribution in [1.82, 2.24) is 4.90 Å². The lowest BCUT2D eigenvalue weighted by molar-refractivity contribution is 0.0790. The van der Waals surface area contributed by atoms with Gasteiger partial charge in [-0.05, 0) is 48.4 Å². The Morgan fingerprint density at radius 3 is 2.95 bits per heavy atom. The molecule has 1 heterocycles. The molecule has 0 spiro atoms. The van der Waals surface area contributed by atoms with Crippen LogP contribution in [0.15, 0.2) is 30.3 Å². The summed E-state index contributed by atoms with van der Waals surface area (Å²) in [5.74, 6) is 0.817. The molecule has 4 heteroatoms. The van der Waals surface area contributed by atoms with Crippen molar-refractivity contribution in [3.8, 4) is 0 Å². The zero-order valence-corrected chi connectivity index (χ0v) is 14.5. The molecule has 0 unspecified atom stereocenters. The van der Waals surface area contributed by atoms with Crippen molar-refractivity contribution in [3.63, 3.8) is 0 Å². The second kappa shape index (κ2) is 6.43. The number of carbonyl (C=O) groups is 1. The fourth-order valence-corrected chi connectivity index (χ4v) is 4.35. The minimum absolute atomic E-state index is 0.0898. The van der Waals surface area contributed by atoms with Crippen LogP contribution in [-0.4, -0.2) is 17.9 Å². The van der Waals surface area contributed by atoms with Gasteiger partial charge < -0.3 is 4.90 Å². The number of halogens is 1. The molecule has 0 bridgehead atoms. The van der Waals surface area contributed by atoms with Crippen molar-refractivity contribution in [2.24, 2.45) is 5.92 Å². The normalized spacial score (nSPS) is 17.1. The van der Waals surface area contributed by atoms with Crippen molar-refractivity contribution in [3.05, 3.63) is 56.2 Å². The molecule has 1 atom stereocenters. The first-order valence-corrected chi connectivity index (χ1v) is 8.84. The number of carbonyl (C=O) groups excluding carboxylic acids is 1.